The summed E-state index contributed by atoms with van der Waals surface area (Å²) in [5, 5.41) is 3.77. The van der Waals surface area contributed by atoms with Crippen molar-refractivity contribution in [2.75, 3.05) is 0 Å². The number of hydrogen-bond donors (Lipinski definition) is 0. The van der Waals surface area contributed by atoms with Crippen LogP contribution < -0.4 is 0 Å². The van der Waals surface area contributed by atoms with Crippen LogP contribution in [0, 0.1) is 0 Å². The van der Waals surface area contributed by atoms with Gasteiger partial charge in [-0.2, -0.15) is 0 Å². The number of halogens is 1. The third-order valence-corrected chi connectivity index (χ3v) is 2.51. The predicted octanol–water partition coefficient (Wildman–Crippen LogP) is 3.81. The quantitative estimate of drug-likeness (QED) is 0.520. The highest BCUT2D eigenvalue weighted by Gasteiger charge is 1.98. The molecule has 3 aromatic rings. The molecule has 3 rings (SSSR count). The first-order chi connectivity index (χ1) is 6.95. The molecule has 1 nitrogen and oxygen atoms in total. The molecule has 0 aliphatic rings. The van der Waals surface area contributed by atoms with Crippen molar-refractivity contribution in [2.45, 2.75) is 0 Å². The van der Waals surface area contributed by atoms with Crippen molar-refractivity contribution in [3.05, 3.63) is 54.7 Å². The summed E-state index contributed by atoms with van der Waals surface area (Å²) < 4.78 is 0. The van der Waals surface area contributed by atoms with Crippen molar-refractivity contribution in [3.8, 4) is 0 Å². The maximum Gasteiger partial charge on any atom is 0.0708 e. The van der Waals surface area contributed by atoms with Gasteiger partial charge in [0.15, 0.2) is 0 Å². The average Bonchev–Trinajstić information content (AvgIpc) is 2.29. The Morgan fingerprint density at radius 2 is 1.53 bits per heavy atom. The molecule has 15 heavy (non-hydrogen) atoms. The van der Waals surface area contributed by atoms with Crippen LogP contribution in [0.1, 0.15) is 0 Å². The first-order valence-corrected chi connectivity index (χ1v) is 4.68. The molecule has 0 saturated heterocycles. The maximum atomic E-state index is 4.33. The summed E-state index contributed by atoms with van der Waals surface area (Å²) in [5.74, 6) is 0. The molecular weight excluding hydrogens is 206 g/mol. The Hall–Kier alpha value is -1.60. The maximum absolute atomic E-state index is 4.33. The van der Waals surface area contributed by atoms with Crippen molar-refractivity contribution in [2.24, 2.45) is 0 Å². The summed E-state index contributed by atoms with van der Waals surface area (Å²) >= 11 is 0. The highest BCUT2D eigenvalue weighted by Crippen LogP contribution is 2.22. The van der Waals surface area contributed by atoms with Gasteiger partial charge in [-0.1, -0.05) is 36.4 Å². The van der Waals surface area contributed by atoms with Gasteiger partial charge in [-0.25, -0.2) is 0 Å². The minimum Gasteiger partial charge on any atom is -0.256 e. The van der Waals surface area contributed by atoms with E-state index in [9.17, 15) is 0 Å². The zero-order valence-corrected chi connectivity index (χ0v) is 8.87. The fraction of sp³-hybridized carbons (Fsp3) is 0. The highest BCUT2D eigenvalue weighted by molar-refractivity contribution is 6.05. The normalized spacial score (nSPS) is 10.1. The van der Waals surface area contributed by atoms with E-state index >= 15 is 0 Å². The second-order valence-corrected chi connectivity index (χ2v) is 3.36. The Morgan fingerprint density at radius 3 is 2.47 bits per heavy atom. The summed E-state index contributed by atoms with van der Waals surface area (Å²) in [6.07, 6.45) is 1.83. The van der Waals surface area contributed by atoms with Crippen LogP contribution in [0.2, 0.25) is 0 Å². The lowest BCUT2D eigenvalue weighted by Crippen LogP contribution is -1.79. The third-order valence-electron chi connectivity index (χ3n) is 2.51. The van der Waals surface area contributed by atoms with E-state index in [0.717, 1.165) is 5.52 Å². The van der Waals surface area contributed by atoms with Gasteiger partial charge in [-0.05, 0) is 22.9 Å². The number of pyridine rings is 1. The Bertz CT molecular complexity index is 550. The molecule has 1 heterocycles. The Morgan fingerprint density at radius 1 is 0.733 bits per heavy atom. The number of rotatable bonds is 0. The van der Waals surface area contributed by atoms with Gasteiger partial charge in [0.25, 0.3) is 0 Å². The van der Waals surface area contributed by atoms with E-state index in [4.69, 9.17) is 0 Å². The SMILES string of the molecule is Cl.c1ccc2c(c1)ccc1ncccc12. The van der Waals surface area contributed by atoms with E-state index in [1.807, 2.05) is 12.3 Å². The van der Waals surface area contributed by atoms with E-state index < -0.39 is 0 Å². The van der Waals surface area contributed by atoms with E-state index in [0.29, 0.717) is 0 Å². The van der Waals surface area contributed by atoms with E-state index in [-0.39, 0.29) is 12.4 Å². The number of fused-ring (bicyclic) bond motifs is 3. The lowest BCUT2D eigenvalue weighted by Gasteiger charge is -2.01. The van der Waals surface area contributed by atoms with Crippen LogP contribution in [0.4, 0.5) is 0 Å². The van der Waals surface area contributed by atoms with Crippen molar-refractivity contribution in [1.29, 1.82) is 0 Å². The summed E-state index contributed by atoms with van der Waals surface area (Å²) in [7, 11) is 0. The monoisotopic (exact) mass is 215 g/mol. The first-order valence-electron chi connectivity index (χ1n) is 4.68. The fourth-order valence-electron chi connectivity index (χ4n) is 1.83. The van der Waals surface area contributed by atoms with Crippen LogP contribution >= 0.6 is 12.4 Å². The van der Waals surface area contributed by atoms with Crippen LogP contribution in [-0.2, 0) is 0 Å². The second kappa shape index (κ2) is 3.87. The molecule has 0 amide bonds. The number of hydrogen-bond acceptors (Lipinski definition) is 1. The molecule has 2 aromatic carbocycles. The highest BCUT2D eigenvalue weighted by atomic mass is 35.5. The zero-order chi connectivity index (χ0) is 9.38. The molecule has 0 spiro atoms. The molecular formula is C13H10ClN. The minimum atomic E-state index is 0. The van der Waals surface area contributed by atoms with Gasteiger partial charge < -0.3 is 0 Å². The smallest absolute Gasteiger partial charge is 0.0708 e. The molecule has 74 valence electrons. The van der Waals surface area contributed by atoms with Crippen LogP contribution in [0.5, 0.6) is 0 Å². The molecule has 0 saturated carbocycles. The zero-order valence-electron chi connectivity index (χ0n) is 8.05. The van der Waals surface area contributed by atoms with Gasteiger partial charge in [0.1, 0.15) is 0 Å². The molecule has 0 atom stereocenters. The van der Waals surface area contributed by atoms with Crippen molar-refractivity contribution in [3.63, 3.8) is 0 Å². The lowest BCUT2D eigenvalue weighted by atomic mass is 10.1. The largest absolute Gasteiger partial charge is 0.256 e. The van der Waals surface area contributed by atoms with Gasteiger partial charge in [0.2, 0.25) is 0 Å². The molecule has 2 heteroatoms. The third kappa shape index (κ3) is 1.55. The summed E-state index contributed by atoms with van der Waals surface area (Å²) in [6, 6.07) is 16.7. The van der Waals surface area contributed by atoms with Crippen molar-refractivity contribution < 1.29 is 0 Å². The van der Waals surface area contributed by atoms with E-state index in [1.165, 1.54) is 16.2 Å². The van der Waals surface area contributed by atoms with Crippen molar-refractivity contribution >= 4 is 34.1 Å². The molecule has 0 N–H and O–H groups in total. The second-order valence-electron chi connectivity index (χ2n) is 3.36. The van der Waals surface area contributed by atoms with Gasteiger partial charge >= 0.3 is 0 Å². The molecule has 0 aliphatic heterocycles. The Balaban J connectivity index is 0.000000853. The van der Waals surface area contributed by atoms with Crippen LogP contribution in [-0.4, -0.2) is 4.98 Å². The number of nitrogens with zero attached hydrogens (tertiary/aromatic N) is 1. The fourth-order valence-corrected chi connectivity index (χ4v) is 1.83. The van der Waals surface area contributed by atoms with Crippen LogP contribution in [0.15, 0.2) is 54.7 Å². The molecule has 0 bridgehead atoms. The van der Waals surface area contributed by atoms with Gasteiger partial charge in [0.05, 0.1) is 5.52 Å². The van der Waals surface area contributed by atoms with Gasteiger partial charge in [0, 0.05) is 11.6 Å². The summed E-state index contributed by atoms with van der Waals surface area (Å²) in [4.78, 5) is 4.33. The number of aromatic nitrogens is 1. The summed E-state index contributed by atoms with van der Waals surface area (Å²) in [6.45, 7) is 0. The topological polar surface area (TPSA) is 12.9 Å². The van der Waals surface area contributed by atoms with E-state index in [1.54, 1.807) is 0 Å². The summed E-state index contributed by atoms with van der Waals surface area (Å²) in [5.41, 5.74) is 1.06. The number of benzene rings is 2. The molecule has 0 fully saturated rings. The predicted molar refractivity (Wildman–Crippen MR) is 66.5 cm³/mol. The molecule has 1 aromatic heterocycles. The van der Waals surface area contributed by atoms with Crippen LogP contribution in [0.25, 0.3) is 21.7 Å². The molecule has 0 radical (unpaired) electrons. The minimum absolute atomic E-state index is 0. The van der Waals surface area contributed by atoms with Crippen LogP contribution in [0.3, 0.4) is 0 Å². The lowest BCUT2D eigenvalue weighted by molar-refractivity contribution is 1.42. The van der Waals surface area contributed by atoms with E-state index in [2.05, 4.69) is 47.4 Å². The molecule has 0 unspecified atom stereocenters. The Kier molecular flexibility index (Phi) is 2.57. The average molecular weight is 216 g/mol. The van der Waals surface area contributed by atoms with Gasteiger partial charge in [-0.15, -0.1) is 12.4 Å². The Labute approximate surface area is 94.2 Å². The molecule has 0 aliphatic carbocycles. The first kappa shape index (κ1) is 9.94. The van der Waals surface area contributed by atoms with Crippen molar-refractivity contribution in [1.82, 2.24) is 4.98 Å². The standard InChI is InChI=1S/C13H9N.ClH/c1-2-5-11-10(4-1)7-8-13-12(11)6-3-9-14-13;/h1-9H;1H. The van der Waals surface area contributed by atoms with Gasteiger partial charge in [-0.3, -0.25) is 4.98 Å².